The quantitative estimate of drug-likeness (QED) is 0.692. The van der Waals surface area contributed by atoms with E-state index in [4.69, 9.17) is 15.1 Å². The molecule has 1 aromatic rings. The number of benzene rings is 1. The van der Waals surface area contributed by atoms with Gasteiger partial charge in [-0.3, -0.25) is 0 Å². The van der Waals surface area contributed by atoms with Crippen LogP contribution in [0.15, 0.2) is 30.3 Å². The van der Waals surface area contributed by atoms with Crippen LogP contribution in [0.1, 0.15) is 41.0 Å². The van der Waals surface area contributed by atoms with E-state index in [2.05, 4.69) is 0 Å². The summed E-state index contributed by atoms with van der Waals surface area (Å²) in [7, 11) is 0. The minimum absolute atomic E-state index is 0.458. The third kappa shape index (κ3) is 3.94. The Morgan fingerprint density at radius 1 is 1.33 bits per heavy atom. The van der Waals surface area contributed by atoms with Gasteiger partial charge in [0.1, 0.15) is 0 Å². The van der Waals surface area contributed by atoms with E-state index in [1.165, 1.54) is 0 Å². The third-order valence-corrected chi connectivity index (χ3v) is 2.58. The Bertz CT molecular complexity index is 535. The molecule has 0 amide bonds. The first kappa shape index (κ1) is 2.62. The van der Waals surface area contributed by atoms with Crippen molar-refractivity contribution in [1.29, 1.82) is 0 Å². The SMILES string of the molecule is [2H]C([2H])([2H])C([2H])([2H])C([2H])([2H])C([2H])([2H])C([2H])([2H])[Se]c1ccccc1. The Hall–Kier alpha value is -0.261. The average Bonchev–Trinajstić information content (AvgIpc) is 2.37. The fourth-order valence-corrected chi connectivity index (χ4v) is 1.71. The van der Waals surface area contributed by atoms with Crippen molar-refractivity contribution in [1.82, 2.24) is 0 Å². The van der Waals surface area contributed by atoms with Crippen LogP contribution in [0.4, 0.5) is 0 Å². The van der Waals surface area contributed by atoms with Gasteiger partial charge in [-0.2, -0.15) is 0 Å². The molecule has 1 rings (SSSR count). The van der Waals surface area contributed by atoms with Gasteiger partial charge < -0.3 is 0 Å². The molecule has 0 aliphatic rings. The van der Waals surface area contributed by atoms with Crippen molar-refractivity contribution in [2.75, 3.05) is 0 Å². The van der Waals surface area contributed by atoms with Crippen molar-refractivity contribution in [2.45, 2.75) is 31.2 Å². The molecule has 1 heteroatoms. The molecule has 0 saturated carbocycles. The Morgan fingerprint density at radius 2 is 2.17 bits per heavy atom. The Kier molecular flexibility index (Phi) is 1.37. The molecule has 0 nitrogen and oxygen atoms in total. The first-order valence-electron chi connectivity index (χ1n) is 8.82. The average molecular weight is 238 g/mol. The van der Waals surface area contributed by atoms with Crippen molar-refractivity contribution in [2.24, 2.45) is 0 Å². The zero-order valence-corrected chi connectivity index (χ0v) is 8.01. The second-order valence-electron chi connectivity index (χ2n) is 1.89. The normalized spacial score (nSPS) is 29.5. The van der Waals surface area contributed by atoms with Gasteiger partial charge in [0.25, 0.3) is 0 Å². The predicted molar refractivity (Wildman–Crippen MR) is 56.2 cm³/mol. The van der Waals surface area contributed by atoms with E-state index >= 15 is 0 Å². The molecule has 0 heterocycles. The summed E-state index contributed by atoms with van der Waals surface area (Å²) in [4.78, 5) is 0. The van der Waals surface area contributed by atoms with Gasteiger partial charge in [-0.15, -0.1) is 0 Å². The monoisotopic (exact) mass is 239 g/mol. The van der Waals surface area contributed by atoms with Gasteiger partial charge in [-0.1, -0.05) is 0 Å². The molecule has 0 aromatic heterocycles. The van der Waals surface area contributed by atoms with Gasteiger partial charge in [-0.25, -0.2) is 0 Å². The van der Waals surface area contributed by atoms with E-state index in [1.54, 1.807) is 30.3 Å². The summed E-state index contributed by atoms with van der Waals surface area (Å²) in [6.07, 6.45) is -10.5. The molecule has 0 fully saturated rings. The molecule has 0 spiro atoms. The fraction of sp³-hybridized carbons (Fsp3) is 0.455. The van der Waals surface area contributed by atoms with Crippen LogP contribution >= 0.6 is 0 Å². The summed E-state index contributed by atoms with van der Waals surface area (Å²) in [6.45, 7) is -3.43. The maximum atomic E-state index is 7.94. The molecule has 1 aromatic carbocycles. The molecule has 0 aliphatic carbocycles. The first-order chi connectivity index (χ1) is 10.1. The standard InChI is InChI=1S/C11H16Se/c1-2-3-7-10-12-11-8-5-4-6-9-11/h4-6,8-9H,2-3,7,10H2,1H3/i1D3,2D2,3D2,7D2,10D2. The van der Waals surface area contributed by atoms with Crippen molar-refractivity contribution < 1.29 is 15.1 Å². The van der Waals surface area contributed by atoms with Crippen LogP contribution in [0.3, 0.4) is 0 Å². The van der Waals surface area contributed by atoms with Crippen molar-refractivity contribution >= 4 is 19.4 Å². The summed E-state index contributed by atoms with van der Waals surface area (Å²) in [6, 6.07) is 8.05. The van der Waals surface area contributed by atoms with Crippen LogP contribution < -0.4 is 4.46 Å². The maximum absolute atomic E-state index is 7.94. The van der Waals surface area contributed by atoms with Gasteiger partial charge in [0.2, 0.25) is 0 Å². The zero-order chi connectivity index (χ0) is 18.3. The molecule has 0 N–H and O–H groups in total. The van der Waals surface area contributed by atoms with E-state index in [0.717, 1.165) is 0 Å². The van der Waals surface area contributed by atoms with E-state index < -0.39 is 46.2 Å². The molecule has 0 aliphatic heterocycles. The number of hydrogen-bond donors (Lipinski definition) is 0. The van der Waals surface area contributed by atoms with Gasteiger partial charge in [0, 0.05) is 0 Å². The second kappa shape index (κ2) is 6.28. The zero-order valence-electron chi connectivity index (χ0n) is 17.3. The van der Waals surface area contributed by atoms with Crippen LogP contribution in [0, 0.1) is 0 Å². The first-order valence-corrected chi connectivity index (χ1v) is 5.03. The third-order valence-electron chi connectivity index (χ3n) is 1.09. The summed E-state index contributed by atoms with van der Waals surface area (Å²) in [5.41, 5.74) is 0. The Labute approximate surface area is 97.0 Å². The van der Waals surface area contributed by atoms with E-state index in [0.29, 0.717) is 4.46 Å². The molecular formula is C11H16Se. The Morgan fingerprint density at radius 3 is 2.92 bits per heavy atom. The van der Waals surface area contributed by atoms with Crippen molar-refractivity contribution in [3.63, 3.8) is 0 Å². The second-order valence-corrected chi connectivity index (χ2v) is 3.74. The van der Waals surface area contributed by atoms with Crippen LogP contribution in [0.5, 0.6) is 0 Å². The van der Waals surface area contributed by atoms with Gasteiger partial charge in [0.15, 0.2) is 0 Å². The van der Waals surface area contributed by atoms with Gasteiger partial charge in [-0.05, 0) is 0 Å². The van der Waals surface area contributed by atoms with Crippen LogP contribution in [-0.2, 0) is 0 Å². The molecule has 0 atom stereocenters. The summed E-state index contributed by atoms with van der Waals surface area (Å²) < 4.78 is 84.0. The van der Waals surface area contributed by atoms with Crippen LogP contribution in [-0.4, -0.2) is 15.0 Å². The number of hydrogen-bond acceptors (Lipinski definition) is 0. The topological polar surface area (TPSA) is 0 Å². The van der Waals surface area contributed by atoms with E-state index in [1.807, 2.05) is 0 Å². The van der Waals surface area contributed by atoms with Gasteiger partial charge >= 0.3 is 96.1 Å². The van der Waals surface area contributed by atoms with Gasteiger partial charge in [0.05, 0.1) is 0 Å². The summed E-state index contributed by atoms with van der Waals surface area (Å²) in [5, 5.41) is -2.76. The minimum atomic E-state index is -3.56. The van der Waals surface area contributed by atoms with Crippen LogP contribution in [0.25, 0.3) is 0 Å². The van der Waals surface area contributed by atoms with Crippen LogP contribution in [0.2, 0.25) is 5.27 Å². The molecular weight excluding hydrogens is 211 g/mol. The molecule has 0 unspecified atom stereocenters. The molecule has 0 radical (unpaired) electrons. The van der Waals surface area contributed by atoms with E-state index in [9.17, 15) is 0 Å². The molecule has 12 heavy (non-hydrogen) atoms. The van der Waals surface area contributed by atoms with Crippen molar-refractivity contribution in [3.05, 3.63) is 30.3 Å². The predicted octanol–water partition coefficient (Wildman–Crippen LogP) is 2.62. The van der Waals surface area contributed by atoms with Crippen molar-refractivity contribution in [3.8, 4) is 0 Å². The molecule has 0 bridgehead atoms. The van der Waals surface area contributed by atoms with E-state index in [-0.39, 0.29) is 0 Å². The molecule has 0 saturated heterocycles. The summed E-state index contributed by atoms with van der Waals surface area (Å²) >= 11 is -1.18. The number of rotatable bonds is 5. The summed E-state index contributed by atoms with van der Waals surface area (Å²) in [5.74, 6) is 0. The molecule has 66 valence electrons. The Balaban J connectivity index is 3.26. The fourth-order valence-electron chi connectivity index (χ4n) is 0.630.